The molecule has 112 valence electrons. The summed E-state index contributed by atoms with van der Waals surface area (Å²) in [6.45, 7) is 2.02. The Labute approximate surface area is 124 Å². The highest BCUT2D eigenvalue weighted by Gasteiger charge is 2.48. The highest BCUT2D eigenvalue weighted by molar-refractivity contribution is 6.09. The smallest absolute Gasteiger partial charge is 0.253 e. The second-order valence-electron chi connectivity index (χ2n) is 5.88. The van der Waals surface area contributed by atoms with E-state index in [1.54, 1.807) is 12.0 Å². The van der Waals surface area contributed by atoms with E-state index in [0.717, 1.165) is 42.7 Å². The number of piperazine rings is 1. The van der Waals surface area contributed by atoms with E-state index in [1.165, 1.54) is 0 Å². The van der Waals surface area contributed by atoms with Crippen LogP contribution in [-0.4, -0.2) is 31.0 Å². The number of hydrogen-bond acceptors (Lipinski definition) is 3. The summed E-state index contributed by atoms with van der Waals surface area (Å²) in [6.07, 6.45) is 3.45. The van der Waals surface area contributed by atoms with E-state index in [-0.39, 0.29) is 18.4 Å². The third kappa shape index (κ3) is 2.26. The van der Waals surface area contributed by atoms with E-state index in [0.29, 0.717) is 0 Å². The van der Waals surface area contributed by atoms with Crippen molar-refractivity contribution in [3.63, 3.8) is 0 Å². The van der Waals surface area contributed by atoms with Crippen LogP contribution >= 0.6 is 0 Å². The first-order valence-electron chi connectivity index (χ1n) is 7.33. The Morgan fingerprint density at radius 3 is 2.57 bits per heavy atom. The SMILES string of the molecule is COc1ccc(N2CC(=O)NC3(CCCC3)C2=O)c(C)c1. The van der Waals surface area contributed by atoms with Crippen LogP contribution in [0.4, 0.5) is 5.69 Å². The molecule has 1 aromatic carbocycles. The first-order valence-corrected chi connectivity index (χ1v) is 7.33. The van der Waals surface area contributed by atoms with Gasteiger partial charge in [-0.15, -0.1) is 0 Å². The molecule has 1 saturated carbocycles. The number of amides is 2. The van der Waals surface area contributed by atoms with Crippen molar-refractivity contribution in [3.05, 3.63) is 23.8 Å². The lowest BCUT2D eigenvalue weighted by Gasteiger charge is -2.40. The molecule has 1 saturated heterocycles. The van der Waals surface area contributed by atoms with E-state index in [4.69, 9.17) is 4.74 Å². The zero-order chi connectivity index (χ0) is 15.0. The molecule has 3 rings (SSSR count). The van der Waals surface area contributed by atoms with E-state index in [1.807, 2.05) is 25.1 Å². The standard InChI is InChI=1S/C16H20N2O3/c1-11-9-12(21-2)5-6-13(11)18-10-14(19)17-16(15(18)20)7-3-4-8-16/h5-6,9H,3-4,7-8,10H2,1-2H3,(H,17,19). The average molecular weight is 288 g/mol. The van der Waals surface area contributed by atoms with E-state index < -0.39 is 5.54 Å². The minimum atomic E-state index is -0.679. The van der Waals surface area contributed by atoms with Crippen LogP contribution < -0.4 is 15.0 Å². The molecule has 5 nitrogen and oxygen atoms in total. The molecule has 2 fully saturated rings. The Morgan fingerprint density at radius 1 is 1.24 bits per heavy atom. The maximum atomic E-state index is 12.9. The van der Waals surface area contributed by atoms with Gasteiger partial charge in [0, 0.05) is 5.69 Å². The van der Waals surface area contributed by atoms with Gasteiger partial charge in [0.05, 0.1) is 7.11 Å². The van der Waals surface area contributed by atoms with Crippen molar-refractivity contribution in [3.8, 4) is 5.75 Å². The molecule has 1 spiro atoms. The molecule has 1 N–H and O–H groups in total. The Kier molecular flexibility index (Phi) is 3.35. The van der Waals surface area contributed by atoms with Gasteiger partial charge in [0.1, 0.15) is 17.8 Å². The lowest BCUT2D eigenvalue weighted by atomic mass is 9.92. The van der Waals surface area contributed by atoms with Gasteiger partial charge in [0.15, 0.2) is 0 Å². The molecule has 0 unspecified atom stereocenters. The van der Waals surface area contributed by atoms with Crippen LogP contribution in [0.2, 0.25) is 0 Å². The number of methoxy groups -OCH3 is 1. The third-order valence-corrected chi connectivity index (χ3v) is 4.49. The predicted molar refractivity (Wildman–Crippen MR) is 79.4 cm³/mol. The summed E-state index contributed by atoms with van der Waals surface area (Å²) in [4.78, 5) is 26.6. The van der Waals surface area contributed by atoms with Gasteiger partial charge in [-0.05, 0) is 43.5 Å². The van der Waals surface area contributed by atoms with Gasteiger partial charge in [-0.3, -0.25) is 9.59 Å². The molecule has 0 aromatic heterocycles. The maximum Gasteiger partial charge on any atom is 0.253 e. The number of benzene rings is 1. The van der Waals surface area contributed by atoms with E-state index >= 15 is 0 Å². The summed E-state index contributed by atoms with van der Waals surface area (Å²) in [7, 11) is 1.61. The first-order chi connectivity index (χ1) is 10.1. The van der Waals surface area contributed by atoms with Gasteiger partial charge in [-0.1, -0.05) is 12.8 Å². The number of carbonyl (C=O) groups excluding carboxylic acids is 2. The number of ether oxygens (including phenoxy) is 1. The highest BCUT2D eigenvalue weighted by atomic mass is 16.5. The van der Waals surface area contributed by atoms with Crippen molar-refractivity contribution in [2.75, 3.05) is 18.6 Å². The molecule has 21 heavy (non-hydrogen) atoms. The summed E-state index contributed by atoms with van der Waals surface area (Å²) >= 11 is 0. The third-order valence-electron chi connectivity index (χ3n) is 4.49. The van der Waals surface area contributed by atoms with Gasteiger partial charge in [0.25, 0.3) is 5.91 Å². The molecule has 0 bridgehead atoms. The van der Waals surface area contributed by atoms with Crippen molar-refractivity contribution in [1.29, 1.82) is 0 Å². The highest BCUT2D eigenvalue weighted by Crippen LogP contribution is 2.36. The van der Waals surface area contributed by atoms with E-state index in [9.17, 15) is 9.59 Å². The molecular weight excluding hydrogens is 268 g/mol. The molecular formula is C16H20N2O3. The topological polar surface area (TPSA) is 58.6 Å². The molecule has 2 aliphatic rings. The quantitative estimate of drug-likeness (QED) is 0.902. The molecule has 1 heterocycles. The van der Waals surface area contributed by atoms with Crippen molar-refractivity contribution >= 4 is 17.5 Å². The van der Waals surface area contributed by atoms with Crippen molar-refractivity contribution < 1.29 is 14.3 Å². The number of nitrogens with zero attached hydrogens (tertiary/aromatic N) is 1. The summed E-state index contributed by atoms with van der Waals surface area (Å²) < 4.78 is 5.20. The van der Waals surface area contributed by atoms with Gasteiger partial charge in [-0.25, -0.2) is 0 Å². The average Bonchev–Trinajstić information content (AvgIpc) is 2.92. The van der Waals surface area contributed by atoms with Crippen LogP contribution in [-0.2, 0) is 9.59 Å². The second-order valence-corrected chi connectivity index (χ2v) is 5.88. The van der Waals surface area contributed by atoms with Crippen LogP contribution in [0.15, 0.2) is 18.2 Å². The van der Waals surface area contributed by atoms with E-state index in [2.05, 4.69) is 5.32 Å². The number of rotatable bonds is 2. The largest absolute Gasteiger partial charge is 0.497 e. The molecule has 1 aromatic rings. The first kappa shape index (κ1) is 13.9. The van der Waals surface area contributed by atoms with Crippen molar-refractivity contribution in [1.82, 2.24) is 5.32 Å². The molecule has 0 atom stereocenters. The van der Waals surface area contributed by atoms with Gasteiger partial charge >= 0.3 is 0 Å². The minimum absolute atomic E-state index is 0.0212. The molecule has 0 radical (unpaired) electrons. The minimum Gasteiger partial charge on any atom is -0.497 e. The monoisotopic (exact) mass is 288 g/mol. The second kappa shape index (κ2) is 5.06. The Balaban J connectivity index is 1.97. The van der Waals surface area contributed by atoms with Crippen LogP contribution in [0.5, 0.6) is 5.75 Å². The molecule has 1 aliphatic carbocycles. The van der Waals surface area contributed by atoms with Crippen LogP contribution in [0.25, 0.3) is 0 Å². The van der Waals surface area contributed by atoms with Gasteiger partial charge in [0.2, 0.25) is 5.91 Å². The Hall–Kier alpha value is -2.04. The Morgan fingerprint density at radius 2 is 1.95 bits per heavy atom. The van der Waals surface area contributed by atoms with Crippen molar-refractivity contribution in [2.24, 2.45) is 0 Å². The molecule has 2 amide bonds. The fraction of sp³-hybridized carbons (Fsp3) is 0.500. The zero-order valence-corrected chi connectivity index (χ0v) is 12.4. The van der Waals surface area contributed by atoms with Gasteiger partial charge < -0.3 is 15.0 Å². The number of carbonyl (C=O) groups is 2. The molecule has 1 aliphatic heterocycles. The Bertz CT molecular complexity index is 591. The summed E-state index contributed by atoms with van der Waals surface area (Å²) in [5.74, 6) is 0.695. The fourth-order valence-corrected chi connectivity index (χ4v) is 3.40. The number of aryl methyl sites for hydroxylation is 1. The van der Waals surface area contributed by atoms with Crippen LogP contribution in [0.3, 0.4) is 0 Å². The lowest BCUT2D eigenvalue weighted by Crippen LogP contribution is -2.65. The predicted octanol–water partition coefficient (Wildman–Crippen LogP) is 1.78. The summed E-state index contributed by atoms with van der Waals surface area (Å²) in [5, 5.41) is 2.93. The van der Waals surface area contributed by atoms with Gasteiger partial charge in [-0.2, -0.15) is 0 Å². The van der Waals surface area contributed by atoms with Crippen LogP contribution in [0.1, 0.15) is 31.2 Å². The fourth-order valence-electron chi connectivity index (χ4n) is 3.40. The van der Waals surface area contributed by atoms with Crippen LogP contribution in [0, 0.1) is 6.92 Å². The molecule has 5 heteroatoms. The number of anilines is 1. The maximum absolute atomic E-state index is 12.9. The zero-order valence-electron chi connectivity index (χ0n) is 12.4. The summed E-state index contributed by atoms with van der Waals surface area (Å²) in [5.41, 5.74) is 1.05. The number of hydrogen-bond donors (Lipinski definition) is 1. The number of nitrogens with one attached hydrogen (secondary N) is 1. The lowest BCUT2D eigenvalue weighted by molar-refractivity contribution is -0.135. The normalized spacial score (nSPS) is 20.8. The summed E-state index contributed by atoms with van der Waals surface area (Å²) in [6, 6.07) is 5.56. The van der Waals surface area contributed by atoms with Crippen molar-refractivity contribution in [2.45, 2.75) is 38.1 Å².